The second-order valence-corrected chi connectivity index (χ2v) is 11.8. The zero-order valence-electron chi connectivity index (χ0n) is 25.3. The lowest BCUT2D eigenvalue weighted by Crippen LogP contribution is -2.61. The molecule has 42 heavy (non-hydrogen) atoms. The summed E-state index contributed by atoms with van der Waals surface area (Å²) in [6.45, 7) is 4.21. The minimum atomic E-state index is -1.19. The van der Waals surface area contributed by atoms with E-state index in [9.17, 15) is 14.4 Å². The standard InChI is InChI=1S/C32H44N2O8/c1-21-32(31(37)40-4)20-24(18-29(35)33-13-15-41-16-14-33)30(36)34(28(32)19-26(42-21)23-7-5-6-8-23)12-11-22-9-10-25(38-2)27(17-22)39-3/h9-10,17,19,21,23-24,26H,5-8,11-16,18,20H2,1-4H3/t21-,24+,26-,32+/m1/s1. The molecule has 0 spiro atoms. The lowest BCUT2D eigenvalue weighted by atomic mass is 9.66. The maximum absolute atomic E-state index is 14.3. The maximum Gasteiger partial charge on any atom is 0.320 e. The Morgan fingerprint density at radius 2 is 1.76 bits per heavy atom. The molecule has 5 rings (SSSR count). The van der Waals surface area contributed by atoms with Gasteiger partial charge >= 0.3 is 5.97 Å². The van der Waals surface area contributed by atoms with Gasteiger partial charge in [-0.2, -0.15) is 0 Å². The van der Waals surface area contributed by atoms with Crippen LogP contribution in [0.15, 0.2) is 30.0 Å². The number of benzene rings is 1. The molecule has 0 N–H and O–H groups in total. The average Bonchev–Trinajstić information content (AvgIpc) is 3.56. The quantitative estimate of drug-likeness (QED) is 0.407. The van der Waals surface area contributed by atoms with Gasteiger partial charge < -0.3 is 33.5 Å². The van der Waals surface area contributed by atoms with Crippen molar-refractivity contribution in [2.24, 2.45) is 17.3 Å². The molecule has 1 aromatic carbocycles. The largest absolute Gasteiger partial charge is 0.493 e. The molecule has 3 fully saturated rings. The van der Waals surface area contributed by atoms with E-state index in [-0.39, 0.29) is 30.8 Å². The Labute approximate surface area is 248 Å². The van der Waals surface area contributed by atoms with E-state index in [1.165, 1.54) is 7.11 Å². The van der Waals surface area contributed by atoms with Gasteiger partial charge in [-0.15, -0.1) is 0 Å². The Morgan fingerprint density at radius 1 is 1.05 bits per heavy atom. The highest BCUT2D eigenvalue weighted by Gasteiger charge is 2.60. The second kappa shape index (κ2) is 13.0. The summed E-state index contributed by atoms with van der Waals surface area (Å²) < 4.78 is 28.3. The summed E-state index contributed by atoms with van der Waals surface area (Å²) in [4.78, 5) is 44.9. The fourth-order valence-electron chi connectivity index (χ4n) is 7.21. The van der Waals surface area contributed by atoms with Crippen LogP contribution in [0.1, 0.15) is 51.0 Å². The van der Waals surface area contributed by atoms with Crippen molar-refractivity contribution in [3.63, 3.8) is 0 Å². The highest BCUT2D eigenvalue weighted by Crippen LogP contribution is 2.52. The first-order valence-corrected chi connectivity index (χ1v) is 15.2. The van der Waals surface area contributed by atoms with E-state index in [1.807, 2.05) is 31.2 Å². The van der Waals surface area contributed by atoms with Crippen molar-refractivity contribution in [2.75, 3.05) is 54.2 Å². The molecule has 4 atom stereocenters. The highest BCUT2D eigenvalue weighted by molar-refractivity contribution is 5.92. The molecule has 230 valence electrons. The number of rotatable bonds is 9. The summed E-state index contributed by atoms with van der Waals surface area (Å²) in [5.74, 6) is 0.230. The summed E-state index contributed by atoms with van der Waals surface area (Å²) in [6.07, 6.45) is 6.45. The fourth-order valence-corrected chi connectivity index (χ4v) is 7.21. The molecule has 10 nitrogen and oxygen atoms in total. The molecule has 0 radical (unpaired) electrons. The molecule has 2 amide bonds. The Morgan fingerprint density at radius 3 is 2.43 bits per heavy atom. The molecular formula is C32H44N2O8. The van der Waals surface area contributed by atoms with Crippen LogP contribution >= 0.6 is 0 Å². The number of morpholine rings is 1. The molecule has 4 aliphatic rings. The van der Waals surface area contributed by atoms with Crippen molar-refractivity contribution >= 4 is 17.8 Å². The van der Waals surface area contributed by atoms with E-state index < -0.39 is 23.4 Å². The van der Waals surface area contributed by atoms with Crippen molar-refractivity contribution in [3.8, 4) is 11.5 Å². The van der Waals surface area contributed by atoms with Crippen molar-refractivity contribution in [1.82, 2.24) is 9.80 Å². The smallest absolute Gasteiger partial charge is 0.320 e. The zero-order valence-corrected chi connectivity index (χ0v) is 25.3. The summed E-state index contributed by atoms with van der Waals surface area (Å²) in [5.41, 5.74) is 0.430. The second-order valence-electron chi connectivity index (χ2n) is 11.8. The summed E-state index contributed by atoms with van der Waals surface area (Å²) in [7, 11) is 4.56. The number of carbonyl (C=O) groups is 3. The van der Waals surface area contributed by atoms with Crippen LogP contribution in [0.5, 0.6) is 11.5 Å². The SMILES string of the molecule is COC(=O)[C@]12C[C@H](CC(=O)N3CCOCC3)C(=O)N(CCc3ccc(OC)c(OC)c3)C1=C[C@H](C1CCCC1)O[C@@H]2C. The molecule has 1 saturated carbocycles. The highest BCUT2D eigenvalue weighted by atomic mass is 16.5. The number of amides is 2. The van der Waals surface area contributed by atoms with Crippen molar-refractivity contribution in [3.05, 3.63) is 35.5 Å². The van der Waals surface area contributed by atoms with E-state index in [0.717, 1.165) is 31.2 Å². The predicted octanol–water partition coefficient (Wildman–Crippen LogP) is 3.36. The summed E-state index contributed by atoms with van der Waals surface area (Å²) >= 11 is 0. The van der Waals surface area contributed by atoms with Crippen LogP contribution in [-0.4, -0.2) is 94.0 Å². The number of hydrogen-bond donors (Lipinski definition) is 0. The Hall–Kier alpha value is -3.11. The number of ether oxygens (including phenoxy) is 5. The van der Waals surface area contributed by atoms with Crippen LogP contribution in [0.4, 0.5) is 0 Å². The van der Waals surface area contributed by atoms with Crippen molar-refractivity contribution in [2.45, 2.75) is 64.1 Å². The average molecular weight is 585 g/mol. The lowest BCUT2D eigenvalue weighted by Gasteiger charge is -2.52. The number of methoxy groups -OCH3 is 3. The number of esters is 1. The van der Waals surface area contributed by atoms with Gasteiger partial charge in [-0.25, -0.2) is 0 Å². The fraction of sp³-hybridized carbons (Fsp3) is 0.656. The van der Waals surface area contributed by atoms with Gasteiger partial charge in [0.25, 0.3) is 0 Å². The Balaban J connectivity index is 1.50. The Kier molecular flexibility index (Phi) is 9.42. The summed E-state index contributed by atoms with van der Waals surface area (Å²) in [5, 5.41) is 0. The molecule has 3 aliphatic heterocycles. The molecule has 3 heterocycles. The van der Waals surface area contributed by atoms with Gasteiger partial charge in [0.1, 0.15) is 5.41 Å². The Bertz CT molecular complexity index is 1190. The van der Waals surface area contributed by atoms with Gasteiger partial charge in [-0.1, -0.05) is 18.9 Å². The first-order chi connectivity index (χ1) is 20.3. The molecule has 0 bridgehead atoms. The number of carbonyl (C=O) groups excluding carboxylic acids is 3. The first kappa shape index (κ1) is 30.4. The van der Waals surface area contributed by atoms with E-state index >= 15 is 0 Å². The van der Waals surface area contributed by atoms with Crippen LogP contribution in [0.25, 0.3) is 0 Å². The minimum absolute atomic E-state index is 0.0243. The van der Waals surface area contributed by atoms with E-state index in [0.29, 0.717) is 62.4 Å². The molecular weight excluding hydrogens is 540 g/mol. The van der Waals surface area contributed by atoms with E-state index in [4.69, 9.17) is 23.7 Å². The van der Waals surface area contributed by atoms with Crippen LogP contribution in [0.2, 0.25) is 0 Å². The van der Waals surface area contributed by atoms with Gasteiger partial charge in [0.2, 0.25) is 11.8 Å². The van der Waals surface area contributed by atoms with E-state index in [1.54, 1.807) is 24.0 Å². The number of nitrogens with zero attached hydrogens (tertiary/aromatic N) is 2. The normalized spacial score (nSPS) is 28.2. The first-order valence-electron chi connectivity index (χ1n) is 15.2. The molecule has 1 aliphatic carbocycles. The molecule has 2 saturated heterocycles. The van der Waals surface area contributed by atoms with Crippen LogP contribution in [0.3, 0.4) is 0 Å². The summed E-state index contributed by atoms with van der Waals surface area (Å²) in [6, 6.07) is 5.70. The molecule has 1 aromatic rings. The zero-order chi connectivity index (χ0) is 29.9. The van der Waals surface area contributed by atoms with Crippen molar-refractivity contribution in [1.29, 1.82) is 0 Å². The monoisotopic (exact) mass is 584 g/mol. The number of piperidine rings is 1. The predicted molar refractivity (Wildman–Crippen MR) is 154 cm³/mol. The van der Waals surface area contributed by atoms with Crippen LogP contribution in [0, 0.1) is 17.3 Å². The number of hydrogen-bond acceptors (Lipinski definition) is 8. The number of fused-ring (bicyclic) bond motifs is 1. The molecule has 0 unspecified atom stereocenters. The van der Waals surface area contributed by atoms with Gasteiger partial charge in [0, 0.05) is 37.7 Å². The molecule has 10 heteroatoms. The maximum atomic E-state index is 14.3. The van der Waals surface area contributed by atoms with Crippen LogP contribution in [-0.2, 0) is 35.0 Å². The van der Waals surface area contributed by atoms with Gasteiger partial charge in [-0.05, 0) is 62.3 Å². The van der Waals surface area contributed by atoms with E-state index in [2.05, 4.69) is 0 Å². The van der Waals surface area contributed by atoms with Gasteiger partial charge in [-0.3, -0.25) is 14.4 Å². The third-order valence-electron chi connectivity index (χ3n) is 9.58. The van der Waals surface area contributed by atoms with Crippen LogP contribution < -0.4 is 9.47 Å². The minimum Gasteiger partial charge on any atom is -0.493 e. The van der Waals surface area contributed by atoms with Crippen molar-refractivity contribution < 1.29 is 38.1 Å². The third-order valence-corrected chi connectivity index (χ3v) is 9.58. The number of likely N-dealkylation sites (tertiary alicyclic amines) is 1. The van der Waals surface area contributed by atoms with Gasteiger partial charge in [0.15, 0.2) is 11.5 Å². The topological polar surface area (TPSA) is 104 Å². The third kappa shape index (κ3) is 5.75. The lowest BCUT2D eigenvalue weighted by molar-refractivity contribution is -0.178. The molecule has 0 aromatic heterocycles. The van der Waals surface area contributed by atoms with Gasteiger partial charge in [0.05, 0.1) is 46.8 Å².